The lowest BCUT2D eigenvalue weighted by Gasteiger charge is -2.35. The standard InChI is InChI=1S/C17H32N2O/c1-16(2)10-14(17(3,4)20-16)15(19-18)9-13-8-11-5-6-12(13)7-11/h11-15,19H,5-10,18H2,1-4H3. The van der Waals surface area contributed by atoms with Crippen LogP contribution in [0.25, 0.3) is 0 Å². The van der Waals surface area contributed by atoms with Crippen molar-refractivity contribution in [1.82, 2.24) is 5.43 Å². The van der Waals surface area contributed by atoms with Gasteiger partial charge in [0.2, 0.25) is 0 Å². The van der Waals surface area contributed by atoms with Gasteiger partial charge in [0.05, 0.1) is 11.2 Å². The average molecular weight is 280 g/mol. The third-order valence-corrected chi connectivity index (χ3v) is 6.28. The molecule has 3 aliphatic rings. The zero-order valence-corrected chi connectivity index (χ0v) is 13.6. The number of rotatable bonds is 4. The second kappa shape index (κ2) is 4.96. The second-order valence-electron chi connectivity index (χ2n) is 8.72. The summed E-state index contributed by atoms with van der Waals surface area (Å²) in [7, 11) is 0. The molecule has 3 fully saturated rings. The first kappa shape index (κ1) is 14.8. The highest BCUT2D eigenvalue weighted by atomic mass is 16.5. The van der Waals surface area contributed by atoms with Crippen LogP contribution in [0, 0.1) is 23.7 Å². The van der Waals surface area contributed by atoms with Crippen LogP contribution in [0.1, 0.15) is 66.2 Å². The smallest absolute Gasteiger partial charge is 0.0678 e. The number of hydrogen-bond donors (Lipinski definition) is 2. The Balaban J connectivity index is 1.67. The molecule has 1 heterocycles. The maximum absolute atomic E-state index is 6.26. The van der Waals surface area contributed by atoms with Crippen LogP contribution in [0.15, 0.2) is 0 Å². The molecular formula is C17H32N2O. The van der Waals surface area contributed by atoms with Gasteiger partial charge >= 0.3 is 0 Å². The van der Waals surface area contributed by atoms with E-state index in [0.717, 1.165) is 24.2 Å². The van der Waals surface area contributed by atoms with E-state index in [1.807, 2.05) is 0 Å². The van der Waals surface area contributed by atoms with Crippen molar-refractivity contribution in [3.63, 3.8) is 0 Å². The molecule has 5 unspecified atom stereocenters. The largest absolute Gasteiger partial charge is 0.369 e. The minimum atomic E-state index is -0.0713. The van der Waals surface area contributed by atoms with Gasteiger partial charge in [-0.15, -0.1) is 0 Å². The monoisotopic (exact) mass is 280 g/mol. The molecule has 2 aliphatic carbocycles. The fourth-order valence-electron chi connectivity index (χ4n) is 5.57. The van der Waals surface area contributed by atoms with E-state index in [9.17, 15) is 0 Å². The maximum atomic E-state index is 6.26. The molecule has 0 aromatic carbocycles. The van der Waals surface area contributed by atoms with Crippen molar-refractivity contribution in [3.05, 3.63) is 0 Å². The fourth-order valence-corrected chi connectivity index (χ4v) is 5.57. The SMILES string of the molecule is CC1(C)CC(C(CC2CC3CCC2C3)NN)C(C)(C)O1. The van der Waals surface area contributed by atoms with Gasteiger partial charge < -0.3 is 4.74 Å². The van der Waals surface area contributed by atoms with Crippen molar-refractivity contribution in [3.8, 4) is 0 Å². The Morgan fingerprint density at radius 2 is 1.95 bits per heavy atom. The van der Waals surface area contributed by atoms with E-state index in [1.54, 1.807) is 0 Å². The minimum absolute atomic E-state index is 0.0159. The van der Waals surface area contributed by atoms with E-state index in [-0.39, 0.29) is 11.2 Å². The molecule has 1 saturated heterocycles. The van der Waals surface area contributed by atoms with Crippen molar-refractivity contribution in [2.24, 2.45) is 29.5 Å². The molecule has 3 N–H and O–H groups in total. The maximum Gasteiger partial charge on any atom is 0.0678 e. The molecule has 0 amide bonds. The van der Waals surface area contributed by atoms with Gasteiger partial charge in [-0.25, -0.2) is 0 Å². The topological polar surface area (TPSA) is 47.3 Å². The summed E-state index contributed by atoms with van der Waals surface area (Å²) in [5.74, 6) is 9.35. The van der Waals surface area contributed by atoms with Gasteiger partial charge in [0.25, 0.3) is 0 Å². The van der Waals surface area contributed by atoms with Gasteiger partial charge in [-0.1, -0.05) is 6.42 Å². The lowest BCUT2D eigenvalue weighted by atomic mass is 9.75. The van der Waals surface area contributed by atoms with E-state index in [2.05, 4.69) is 33.1 Å². The summed E-state index contributed by atoms with van der Waals surface area (Å²) in [5.41, 5.74) is 3.06. The summed E-state index contributed by atoms with van der Waals surface area (Å²) < 4.78 is 6.26. The van der Waals surface area contributed by atoms with E-state index in [0.29, 0.717) is 12.0 Å². The van der Waals surface area contributed by atoms with Gasteiger partial charge in [-0.2, -0.15) is 0 Å². The highest BCUT2D eigenvalue weighted by molar-refractivity contribution is 5.01. The van der Waals surface area contributed by atoms with Crippen molar-refractivity contribution in [2.75, 3.05) is 0 Å². The normalized spacial score (nSPS) is 43.0. The number of nitrogens with two attached hydrogens (primary N) is 1. The van der Waals surface area contributed by atoms with Crippen LogP contribution in [0.3, 0.4) is 0 Å². The number of hydrazine groups is 1. The zero-order chi connectivity index (χ0) is 14.5. The van der Waals surface area contributed by atoms with Gasteiger partial charge in [-0.3, -0.25) is 11.3 Å². The summed E-state index contributed by atoms with van der Waals surface area (Å²) >= 11 is 0. The summed E-state index contributed by atoms with van der Waals surface area (Å²) in [6, 6.07) is 0.399. The zero-order valence-electron chi connectivity index (χ0n) is 13.6. The number of nitrogens with one attached hydrogen (secondary N) is 1. The van der Waals surface area contributed by atoms with Crippen molar-refractivity contribution >= 4 is 0 Å². The Morgan fingerprint density at radius 1 is 1.20 bits per heavy atom. The van der Waals surface area contributed by atoms with Gasteiger partial charge in [0.1, 0.15) is 0 Å². The van der Waals surface area contributed by atoms with Crippen LogP contribution in [-0.2, 0) is 4.74 Å². The number of fused-ring (bicyclic) bond motifs is 2. The van der Waals surface area contributed by atoms with Gasteiger partial charge in [0, 0.05) is 12.0 Å². The van der Waals surface area contributed by atoms with E-state index >= 15 is 0 Å². The van der Waals surface area contributed by atoms with E-state index in [1.165, 1.54) is 32.1 Å². The molecule has 1 aliphatic heterocycles. The van der Waals surface area contributed by atoms with Crippen molar-refractivity contribution < 1.29 is 4.74 Å². The van der Waals surface area contributed by atoms with Gasteiger partial charge in [-0.05, 0) is 77.6 Å². The summed E-state index contributed by atoms with van der Waals surface area (Å²) in [6.45, 7) is 8.88. The van der Waals surface area contributed by atoms with Crippen LogP contribution in [0.4, 0.5) is 0 Å². The third kappa shape index (κ3) is 2.65. The molecule has 3 heteroatoms. The molecule has 0 aromatic heterocycles. The lowest BCUT2D eigenvalue weighted by Crippen LogP contribution is -2.48. The molecule has 20 heavy (non-hydrogen) atoms. The Labute approximate surface area is 124 Å². The third-order valence-electron chi connectivity index (χ3n) is 6.28. The number of hydrogen-bond acceptors (Lipinski definition) is 3. The summed E-state index contributed by atoms with van der Waals surface area (Å²) in [4.78, 5) is 0. The predicted molar refractivity (Wildman–Crippen MR) is 82.0 cm³/mol. The second-order valence-corrected chi connectivity index (χ2v) is 8.72. The molecule has 3 rings (SSSR count). The molecule has 0 aromatic rings. The van der Waals surface area contributed by atoms with Crippen LogP contribution >= 0.6 is 0 Å². The average Bonchev–Trinajstić information content (AvgIpc) is 2.98. The van der Waals surface area contributed by atoms with Crippen LogP contribution in [0.5, 0.6) is 0 Å². The molecular weight excluding hydrogens is 248 g/mol. The summed E-state index contributed by atoms with van der Waals surface area (Å²) in [6.07, 6.45) is 8.22. The van der Waals surface area contributed by atoms with E-state index < -0.39 is 0 Å². The Hall–Kier alpha value is -0.120. The minimum Gasteiger partial charge on any atom is -0.369 e. The van der Waals surface area contributed by atoms with Crippen molar-refractivity contribution in [2.45, 2.75) is 83.5 Å². The quantitative estimate of drug-likeness (QED) is 0.614. The van der Waals surface area contributed by atoms with Crippen LogP contribution in [0.2, 0.25) is 0 Å². The Bertz CT molecular complexity index is 366. The fraction of sp³-hybridized carbons (Fsp3) is 1.00. The Kier molecular flexibility index (Phi) is 3.67. The van der Waals surface area contributed by atoms with Crippen molar-refractivity contribution in [1.29, 1.82) is 0 Å². The van der Waals surface area contributed by atoms with Crippen LogP contribution in [-0.4, -0.2) is 17.2 Å². The highest BCUT2D eigenvalue weighted by Crippen LogP contribution is 2.52. The van der Waals surface area contributed by atoms with Crippen LogP contribution < -0.4 is 11.3 Å². The lowest BCUT2D eigenvalue weighted by molar-refractivity contribution is -0.0785. The summed E-state index contributed by atoms with van der Waals surface area (Å²) in [5, 5.41) is 0. The molecule has 2 bridgehead atoms. The van der Waals surface area contributed by atoms with E-state index in [4.69, 9.17) is 10.6 Å². The molecule has 5 atom stereocenters. The van der Waals surface area contributed by atoms with Gasteiger partial charge in [0.15, 0.2) is 0 Å². The molecule has 0 radical (unpaired) electrons. The molecule has 3 nitrogen and oxygen atoms in total. The molecule has 116 valence electrons. The first-order valence-corrected chi connectivity index (χ1v) is 8.47. The first-order valence-electron chi connectivity index (χ1n) is 8.47. The number of ether oxygens (including phenoxy) is 1. The predicted octanol–water partition coefficient (Wildman–Crippen LogP) is 3.24. The molecule has 0 spiro atoms. The molecule has 2 saturated carbocycles. The first-order chi connectivity index (χ1) is 9.31. The Morgan fingerprint density at radius 3 is 2.40 bits per heavy atom. The highest BCUT2D eigenvalue weighted by Gasteiger charge is 2.50.